The molecule has 0 radical (unpaired) electrons. The first-order valence-electron chi connectivity index (χ1n) is 8.03. The second kappa shape index (κ2) is 8.60. The summed E-state index contributed by atoms with van der Waals surface area (Å²) in [6.07, 6.45) is 2.17. The number of hydrogen-bond donors (Lipinski definition) is 2. The van der Waals surface area contributed by atoms with Crippen molar-refractivity contribution < 1.29 is 9.53 Å². The maximum Gasteiger partial charge on any atom is 0.321 e. The minimum Gasteiger partial charge on any atom is -0.473 e. The Hall–Kier alpha value is -2.20. The van der Waals surface area contributed by atoms with E-state index in [2.05, 4.69) is 17.6 Å². The van der Waals surface area contributed by atoms with E-state index < -0.39 is 0 Å². The lowest BCUT2D eigenvalue weighted by molar-refractivity contribution is 0.234. The number of carbonyl (C=O) groups is 1. The van der Waals surface area contributed by atoms with Crippen LogP contribution < -0.4 is 15.4 Å². The number of nitrogens with one attached hydrogen (secondary N) is 2. The van der Waals surface area contributed by atoms with Gasteiger partial charge in [0.2, 0.25) is 0 Å². The van der Waals surface area contributed by atoms with Crippen molar-refractivity contribution in [3.05, 3.63) is 58.1 Å². The molecule has 0 aliphatic heterocycles. The van der Waals surface area contributed by atoms with Crippen molar-refractivity contribution in [1.82, 2.24) is 5.32 Å². The van der Waals surface area contributed by atoms with Crippen molar-refractivity contribution in [2.75, 3.05) is 12.0 Å². The van der Waals surface area contributed by atoms with Crippen LogP contribution in [-0.4, -0.2) is 12.8 Å². The van der Waals surface area contributed by atoms with Crippen molar-refractivity contribution in [2.45, 2.75) is 33.6 Å². The van der Waals surface area contributed by atoms with Crippen LogP contribution in [-0.2, 0) is 6.42 Å². The maximum absolute atomic E-state index is 12.0. The van der Waals surface area contributed by atoms with E-state index in [1.165, 1.54) is 5.56 Å². The summed E-state index contributed by atoms with van der Waals surface area (Å²) in [5.41, 5.74) is 3.87. The van der Waals surface area contributed by atoms with Crippen molar-refractivity contribution >= 4 is 23.3 Å². The van der Waals surface area contributed by atoms with Crippen molar-refractivity contribution in [2.24, 2.45) is 0 Å². The van der Waals surface area contributed by atoms with Gasteiger partial charge >= 0.3 is 6.03 Å². The van der Waals surface area contributed by atoms with Gasteiger partial charge in [-0.15, -0.1) is 0 Å². The van der Waals surface area contributed by atoms with Crippen LogP contribution in [0.5, 0.6) is 5.75 Å². The van der Waals surface area contributed by atoms with Crippen LogP contribution in [0.4, 0.5) is 10.5 Å². The van der Waals surface area contributed by atoms with Gasteiger partial charge in [-0.25, -0.2) is 4.79 Å². The van der Waals surface area contributed by atoms with Gasteiger partial charge in [-0.2, -0.15) is 0 Å². The Morgan fingerprint density at radius 1 is 1.17 bits per heavy atom. The largest absolute Gasteiger partial charge is 0.473 e. The van der Waals surface area contributed by atoms with Gasteiger partial charge in [0.1, 0.15) is 5.75 Å². The maximum atomic E-state index is 12.0. The molecule has 2 aromatic carbocycles. The Labute approximate surface area is 148 Å². The standard InChI is InChI=1S/C19H23ClN2O2/c1-4-5-15-6-8-16(9-7-15)24-12-21-19(23)22-18-14(3)10-13(2)11-17(18)20/h6-11H,4-5,12H2,1-3H3,(H2,21,22,23). The minimum atomic E-state index is -0.355. The normalized spacial score (nSPS) is 10.3. The highest BCUT2D eigenvalue weighted by molar-refractivity contribution is 6.34. The molecule has 0 saturated carbocycles. The summed E-state index contributed by atoms with van der Waals surface area (Å²) in [5.74, 6) is 0.722. The number of rotatable bonds is 6. The number of amides is 2. The minimum absolute atomic E-state index is 0.0848. The van der Waals surface area contributed by atoms with Gasteiger partial charge in [0.15, 0.2) is 6.73 Å². The first-order valence-corrected chi connectivity index (χ1v) is 8.40. The summed E-state index contributed by atoms with van der Waals surface area (Å²) < 4.78 is 5.52. The zero-order chi connectivity index (χ0) is 17.5. The van der Waals surface area contributed by atoms with E-state index >= 15 is 0 Å². The molecule has 4 nitrogen and oxygen atoms in total. The number of anilines is 1. The van der Waals surface area contributed by atoms with Gasteiger partial charge in [0.25, 0.3) is 0 Å². The zero-order valence-corrected chi connectivity index (χ0v) is 15.0. The first kappa shape index (κ1) is 18.1. The van der Waals surface area contributed by atoms with Gasteiger partial charge in [0.05, 0.1) is 10.7 Å². The molecular weight excluding hydrogens is 324 g/mol. The smallest absolute Gasteiger partial charge is 0.321 e. The lowest BCUT2D eigenvalue weighted by atomic mass is 10.1. The van der Waals surface area contributed by atoms with Crippen LogP contribution in [0.3, 0.4) is 0 Å². The van der Waals surface area contributed by atoms with E-state index in [1.807, 2.05) is 50.2 Å². The Morgan fingerprint density at radius 2 is 1.88 bits per heavy atom. The molecule has 0 fully saturated rings. The number of hydrogen-bond acceptors (Lipinski definition) is 2. The highest BCUT2D eigenvalue weighted by atomic mass is 35.5. The molecule has 0 aliphatic carbocycles. The topological polar surface area (TPSA) is 50.4 Å². The van der Waals surface area contributed by atoms with E-state index in [0.717, 1.165) is 29.7 Å². The van der Waals surface area contributed by atoms with Crippen LogP contribution in [0.25, 0.3) is 0 Å². The fraction of sp³-hybridized carbons (Fsp3) is 0.316. The third-order valence-electron chi connectivity index (χ3n) is 3.60. The van der Waals surface area contributed by atoms with E-state index in [-0.39, 0.29) is 12.8 Å². The Morgan fingerprint density at radius 3 is 2.50 bits per heavy atom. The monoisotopic (exact) mass is 346 g/mol. The summed E-state index contributed by atoms with van der Waals surface area (Å²) in [6.45, 7) is 6.10. The number of halogens is 1. The van der Waals surface area contributed by atoms with Crippen LogP contribution in [0.1, 0.15) is 30.0 Å². The van der Waals surface area contributed by atoms with Gasteiger partial charge < -0.3 is 15.4 Å². The zero-order valence-electron chi connectivity index (χ0n) is 14.3. The molecule has 0 bridgehead atoms. The highest BCUT2D eigenvalue weighted by Crippen LogP contribution is 2.27. The average molecular weight is 347 g/mol. The quantitative estimate of drug-likeness (QED) is 0.717. The fourth-order valence-corrected chi connectivity index (χ4v) is 2.83. The molecule has 2 N–H and O–H groups in total. The predicted molar refractivity (Wildman–Crippen MR) is 99.0 cm³/mol. The number of carbonyl (C=O) groups excluding carboxylic acids is 1. The summed E-state index contributed by atoms with van der Waals surface area (Å²) >= 11 is 6.18. The number of urea groups is 1. The summed E-state index contributed by atoms with van der Waals surface area (Å²) in [5, 5.41) is 5.94. The number of benzene rings is 2. The molecule has 0 saturated heterocycles. The Kier molecular flexibility index (Phi) is 6.50. The average Bonchev–Trinajstić information content (AvgIpc) is 2.53. The first-order chi connectivity index (χ1) is 11.5. The lowest BCUT2D eigenvalue weighted by Gasteiger charge is -2.13. The molecule has 0 unspecified atom stereocenters. The van der Waals surface area contributed by atoms with Crippen molar-refractivity contribution in [3.63, 3.8) is 0 Å². The second-order valence-corrected chi connectivity index (χ2v) is 6.16. The molecule has 0 aromatic heterocycles. The lowest BCUT2D eigenvalue weighted by Crippen LogP contribution is -2.32. The Balaban J connectivity index is 1.83. The van der Waals surface area contributed by atoms with Crippen molar-refractivity contribution in [3.8, 4) is 5.75 Å². The highest BCUT2D eigenvalue weighted by Gasteiger charge is 2.09. The van der Waals surface area contributed by atoms with Gasteiger partial charge in [0, 0.05) is 0 Å². The molecule has 0 atom stereocenters. The van der Waals surface area contributed by atoms with Gasteiger partial charge in [-0.05, 0) is 55.2 Å². The molecule has 2 amide bonds. The summed E-state index contributed by atoms with van der Waals surface area (Å²) in [4.78, 5) is 12.0. The number of aryl methyl sites for hydroxylation is 3. The molecule has 128 valence electrons. The summed E-state index contributed by atoms with van der Waals surface area (Å²) in [7, 11) is 0. The van der Waals surface area contributed by atoms with E-state index in [4.69, 9.17) is 16.3 Å². The van der Waals surface area contributed by atoms with E-state index in [1.54, 1.807) is 0 Å². The number of ether oxygens (including phenoxy) is 1. The van der Waals surface area contributed by atoms with Gasteiger partial charge in [-0.3, -0.25) is 0 Å². The third-order valence-corrected chi connectivity index (χ3v) is 3.90. The Bertz CT molecular complexity index is 676. The van der Waals surface area contributed by atoms with Gasteiger partial charge in [-0.1, -0.05) is 43.1 Å². The van der Waals surface area contributed by atoms with E-state index in [0.29, 0.717) is 10.7 Å². The van der Waals surface area contributed by atoms with Crippen LogP contribution in [0, 0.1) is 13.8 Å². The predicted octanol–water partition coefficient (Wildman–Crippen LogP) is 5.07. The van der Waals surface area contributed by atoms with E-state index in [9.17, 15) is 4.79 Å². The molecule has 2 rings (SSSR count). The molecule has 5 heteroatoms. The van der Waals surface area contributed by atoms with Crippen LogP contribution >= 0.6 is 11.6 Å². The second-order valence-electron chi connectivity index (χ2n) is 5.75. The molecule has 24 heavy (non-hydrogen) atoms. The SMILES string of the molecule is CCCc1ccc(OCNC(=O)Nc2c(C)cc(C)cc2Cl)cc1. The molecule has 0 heterocycles. The third kappa shape index (κ3) is 5.17. The molecular formula is C19H23ClN2O2. The molecule has 0 spiro atoms. The fourth-order valence-electron chi connectivity index (χ4n) is 2.46. The van der Waals surface area contributed by atoms with Crippen LogP contribution in [0.15, 0.2) is 36.4 Å². The summed E-state index contributed by atoms with van der Waals surface area (Å²) in [6, 6.07) is 11.3. The van der Waals surface area contributed by atoms with Crippen molar-refractivity contribution in [1.29, 1.82) is 0 Å². The van der Waals surface area contributed by atoms with Crippen LogP contribution in [0.2, 0.25) is 5.02 Å². The molecule has 2 aromatic rings. The molecule has 0 aliphatic rings.